The van der Waals surface area contributed by atoms with Crippen LogP contribution in [0.3, 0.4) is 0 Å². The second-order valence-corrected chi connectivity index (χ2v) is 9.09. The Balaban J connectivity index is 1.80. The molecule has 0 spiro atoms. The first kappa shape index (κ1) is 27.3. The van der Waals surface area contributed by atoms with Gasteiger partial charge in [0.05, 0.1) is 12.7 Å². The quantitative estimate of drug-likeness (QED) is 0.239. The van der Waals surface area contributed by atoms with Crippen molar-refractivity contribution in [1.29, 1.82) is 0 Å². The lowest BCUT2D eigenvalue weighted by molar-refractivity contribution is 0.150. The van der Waals surface area contributed by atoms with E-state index >= 15 is 0 Å². The first-order chi connectivity index (χ1) is 16.1. The highest BCUT2D eigenvalue weighted by molar-refractivity contribution is 5.65. The van der Waals surface area contributed by atoms with Crippen molar-refractivity contribution in [3.05, 3.63) is 53.6 Å². The maximum Gasteiger partial charge on any atom is 0.201 e. The summed E-state index contributed by atoms with van der Waals surface area (Å²) in [5.41, 5.74) is 2.11. The molecule has 4 heteroatoms. The molecule has 0 heterocycles. The highest BCUT2D eigenvalue weighted by Crippen LogP contribution is 2.30. The van der Waals surface area contributed by atoms with Gasteiger partial charge in [0.2, 0.25) is 5.82 Å². The van der Waals surface area contributed by atoms with E-state index in [2.05, 4.69) is 13.8 Å². The highest BCUT2D eigenvalue weighted by Gasteiger charge is 2.16. The highest BCUT2D eigenvalue weighted by atomic mass is 19.2. The average Bonchev–Trinajstić information content (AvgIpc) is 2.81. The first-order valence-corrected chi connectivity index (χ1v) is 12.9. The smallest absolute Gasteiger partial charge is 0.201 e. The summed E-state index contributed by atoms with van der Waals surface area (Å²) in [5, 5.41) is 9.79. The fourth-order valence-electron chi connectivity index (χ4n) is 4.15. The van der Waals surface area contributed by atoms with Crippen molar-refractivity contribution in [1.82, 2.24) is 0 Å². The topological polar surface area (TPSA) is 29.5 Å². The normalized spacial score (nSPS) is 12.2. The van der Waals surface area contributed by atoms with Crippen molar-refractivity contribution in [3.63, 3.8) is 0 Å². The molecule has 0 fully saturated rings. The lowest BCUT2D eigenvalue weighted by atomic mass is 9.99. The number of aryl methyl sites for hydroxylation is 1. The number of benzene rings is 2. The summed E-state index contributed by atoms with van der Waals surface area (Å²) in [6.45, 7) is 4.68. The Morgan fingerprint density at radius 2 is 1.42 bits per heavy atom. The Hall–Kier alpha value is -1.94. The van der Waals surface area contributed by atoms with Crippen molar-refractivity contribution in [2.45, 2.75) is 103 Å². The van der Waals surface area contributed by atoms with Crippen LogP contribution in [0.1, 0.15) is 96.5 Å². The minimum Gasteiger partial charge on any atom is -0.490 e. The number of hydrogen-bond donors (Lipinski definition) is 1. The van der Waals surface area contributed by atoms with Gasteiger partial charge < -0.3 is 9.84 Å². The molecule has 0 aliphatic rings. The van der Waals surface area contributed by atoms with Crippen molar-refractivity contribution >= 4 is 0 Å². The molecule has 2 rings (SSSR count). The van der Waals surface area contributed by atoms with Crippen LogP contribution >= 0.6 is 0 Å². The second-order valence-electron chi connectivity index (χ2n) is 9.09. The molecule has 0 bridgehead atoms. The van der Waals surface area contributed by atoms with Gasteiger partial charge in [0.25, 0.3) is 0 Å². The molecular formula is C29H42F2O2. The van der Waals surface area contributed by atoms with Gasteiger partial charge in [0.15, 0.2) is 11.6 Å². The molecule has 33 heavy (non-hydrogen) atoms. The molecular weight excluding hydrogens is 418 g/mol. The zero-order chi connectivity index (χ0) is 23.9. The minimum atomic E-state index is -0.909. The van der Waals surface area contributed by atoms with Gasteiger partial charge in [-0.25, -0.2) is 4.39 Å². The van der Waals surface area contributed by atoms with E-state index in [4.69, 9.17) is 4.74 Å². The van der Waals surface area contributed by atoms with Gasteiger partial charge in [-0.3, -0.25) is 0 Å². The average molecular weight is 461 g/mol. The number of halogens is 2. The predicted molar refractivity (Wildman–Crippen MR) is 134 cm³/mol. The number of unbranched alkanes of at least 4 members (excludes halogenated alkanes) is 7. The molecule has 0 aliphatic heterocycles. The summed E-state index contributed by atoms with van der Waals surface area (Å²) < 4.78 is 34.7. The van der Waals surface area contributed by atoms with E-state index in [1.54, 1.807) is 6.07 Å². The summed E-state index contributed by atoms with van der Waals surface area (Å²) in [6, 6.07) is 10.8. The fraction of sp³-hybridized carbons (Fsp3) is 0.586. The van der Waals surface area contributed by atoms with Crippen LogP contribution in [0.5, 0.6) is 5.75 Å². The number of ether oxygens (including phenoxy) is 1. The standard InChI is InChI=1S/C29H42F2O2/c1-3-5-6-7-8-12-22-33-27-21-20-26(28(30)29(27)31)24-18-16-23(17-19-24)14-10-9-11-15-25(32)13-4-2/h16-21,25,32H,3-15,22H2,1-2H3. The van der Waals surface area contributed by atoms with Gasteiger partial charge >= 0.3 is 0 Å². The summed E-state index contributed by atoms with van der Waals surface area (Å²) in [4.78, 5) is 0. The number of aliphatic hydroxyl groups excluding tert-OH is 1. The van der Waals surface area contributed by atoms with Crippen LogP contribution in [0.15, 0.2) is 36.4 Å². The van der Waals surface area contributed by atoms with E-state index < -0.39 is 11.6 Å². The van der Waals surface area contributed by atoms with Gasteiger partial charge in [-0.05, 0) is 55.4 Å². The van der Waals surface area contributed by atoms with E-state index in [0.717, 1.165) is 64.2 Å². The van der Waals surface area contributed by atoms with Crippen LogP contribution < -0.4 is 4.74 Å². The fourth-order valence-corrected chi connectivity index (χ4v) is 4.15. The number of hydrogen-bond acceptors (Lipinski definition) is 2. The van der Waals surface area contributed by atoms with Crippen molar-refractivity contribution in [2.24, 2.45) is 0 Å². The Morgan fingerprint density at radius 1 is 0.727 bits per heavy atom. The molecule has 0 radical (unpaired) electrons. The molecule has 2 aromatic carbocycles. The van der Waals surface area contributed by atoms with E-state index in [9.17, 15) is 13.9 Å². The summed E-state index contributed by atoms with van der Waals surface area (Å²) in [7, 11) is 0. The molecule has 0 saturated carbocycles. The third-order valence-electron chi connectivity index (χ3n) is 6.19. The lowest BCUT2D eigenvalue weighted by Crippen LogP contribution is -2.05. The molecule has 1 unspecified atom stereocenters. The van der Waals surface area contributed by atoms with E-state index in [1.807, 2.05) is 24.3 Å². The Kier molecular flexibility index (Phi) is 13.1. The van der Waals surface area contributed by atoms with Gasteiger partial charge in [-0.15, -0.1) is 0 Å². The SMILES string of the molecule is CCCCCCCCOc1ccc(-c2ccc(CCCCCC(O)CCC)cc2)c(F)c1F. The van der Waals surface area contributed by atoms with Gasteiger partial charge in [-0.2, -0.15) is 4.39 Å². The summed E-state index contributed by atoms with van der Waals surface area (Å²) >= 11 is 0. The predicted octanol–water partition coefficient (Wildman–Crippen LogP) is 8.64. The van der Waals surface area contributed by atoms with Crippen LogP contribution in [0.2, 0.25) is 0 Å². The van der Waals surface area contributed by atoms with Gasteiger partial charge in [0, 0.05) is 5.56 Å². The molecule has 2 aromatic rings. The van der Waals surface area contributed by atoms with E-state index in [1.165, 1.54) is 30.9 Å². The van der Waals surface area contributed by atoms with Crippen LogP contribution in [-0.2, 0) is 6.42 Å². The summed E-state index contributed by atoms with van der Waals surface area (Å²) in [6.07, 6.45) is 13.5. The first-order valence-electron chi connectivity index (χ1n) is 12.9. The van der Waals surface area contributed by atoms with Crippen LogP contribution in [0.25, 0.3) is 11.1 Å². The Bertz CT molecular complexity index is 789. The Labute approximate surface area is 199 Å². The van der Waals surface area contributed by atoms with Crippen LogP contribution in [0.4, 0.5) is 8.78 Å². The third kappa shape index (κ3) is 9.83. The van der Waals surface area contributed by atoms with Crippen molar-refractivity contribution in [2.75, 3.05) is 6.61 Å². The second kappa shape index (κ2) is 15.8. The maximum atomic E-state index is 14.7. The molecule has 0 amide bonds. The van der Waals surface area contributed by atoms with Crippen molar-refractivity contribution < 1.29 is 18.6 Å². The zero-order valence-corrected chi connectivity index (χ0v) is 20.6. The number of aliphatic hydroxyl groups is 1. The molecule has 0 aliphatic carbocycles. The molecule has 1 atom stereocenters. The Morgan fingerprint density at radius 3 is 2.15 bits per heavy atom. The minimum absolute atomic E-state index is 0.00881. The monoisotopic (exact) mass is 460 g/mol. The number of rotatable bonds is 17. The van der Waals surface area contributed by atoms with E-state index in [-0.39, 0.29) is 17.4 Å². The third-order valence-corrected chi connectivity index (χ3v) is 6.19. The van der Waals surface area contributed by atoms with Gasteiger partial charge in [-0.1, -0.05) is 89.5 Å². The molecule has 2 nitrogen and oxygen atoms in total. The largest absolute Gasteiger partial charge is 0.490 e. The van der Waals surface area contributed by atoms with Crippen LogP contribution in [0, 0.1) is 11.6 Å². The molecule has 0 saturated heterocycles. The maximum absolute atomic E-state index is 14.7. The summed E-state index contributed by atoms with van der Waals surface area (Å²) in [5.74, 6) is -1.77. The van der Waals surface area contributed by atoms with E-state index in [0.29, 0.717) is 12.2 Å². The van der Waals surface area contributed by atoms with Gasteiger partial charge in [0.1, 0.15) is 0 Å². The molecule has 1 N–H and O–H groups in total. The van der Waals surface area contributed by atoms with Crippen LogP contribution in [-0.4, -0.2) is 17.8 Å². The molecule has 184 valence electrons. The lowest BCUT2D eigenvalue weighted by Gasteiger charge is -2.11. The van der Waals surface area contributed by atoms with Crippen molar-refractivity contribution in [3.8, 4) is 16.9 Å². The molecule has 0 aromatic heterocycles. The zero-order valence-electron chi connectivity index (χ0n) is 20.6.